The van der Waals surface area contributed by atoms with Crippen LogP contribution in [-0.4, -0.2) is 84.8 Å². The van der Waals surface area contributed by atoms with Gasteiger partial charge in [0.1, 0.15) is 6.04 Å². The molecule has 0 aliphatic carbocycles. The summed E-state index contributed by atoms with van der Waals surface area (Å²) < 4.78 is -0.814. The molecule has 1 aromatic carbocycles. The summed E-state index contributed by atoms with van der Waals surface area (Å²) in [5, 5.41) is 10.6. The van der Waals surface area contributed by atoms with Crippen LogP contribution in [0.1, 0.15) is 67.7 Å². The second-order valence-electron chi connectivity index (χ2n) is 15.2. The summed E-state index contributed by atoms with van der Waals surface area (Å²) in [6.45, 7) is 23.1. The summed E-state index contributed by atoms with van der Waals surface area (Å²) in [7, 11) is 0. The van der Waals surface area contributed by atoms with Crippen molar-refractivity contribution in [1.29, 1.82) is 0 Å². The van der Waals surface area contributed by atoms with Gasteiger partial charge in [-0.3, -0.25) is 14.4 Å². The maximum atomic E-state index is 15.2. The van der Waals surface area contributed by atoms with Gasteiger partial charge in [-0.1, -0.05) is 80.9 Å². The van der Waals surface area contributed by atoms with Gasteiger partial charge in [-0.15, -0.1) is 24.9 Å². The van der Waals surface area contributed by atoms with Crippen LogP contribution < -0.4 is 4.90 Å². The Labute approximate surface area is 283 Å². The van der Waals surface area contributed by atoms with E-state index >= 15 is 4.79 Å². The highest BCUT2D eigenvalue weighted by atomic mass is 79.9. The molecule has 7 atom stereocenters. The number of hydrogen-bond acceptors (Lipinski definition) is 5. The van der Waals surface area contributed by atoms with Gasteiger partial charge in [-0.05, 0) is 56.6 Å². The van der Waals surface area contributed by atoms with E-state index in [1.54, 1.807) is 33.7 Å². The first-order chi connectivity index (χ1) is 21.0. The maximum absolute atomic E-state index is 15.2. The molecule has 4 rings (SSSR count). The molecule has 9 heteroatoms. The average molecular weight is 703 g/mol. The number of rotatable bonds is 13. The molecule has 3 fully saturated rings. The van der Waals surface area contributed by atoms with Gasteiger partial charge >= 0.3 is 0 Å². The number of hydrogen-bond donors (Lipinski definition) is 1. The first kappa shape index (κ1) is 35.7. The monoisotopic (exact) mass is 701 g/mol. The zero-order valence-electron chi connectivity index (χ0n) is 28.0. The number of carbonyl (C=O) groups excluding carboxylic acids is 3. The smallest absolute Gasteiger partial charge is 0.247 e. The molecule has 2 bridgehead atoms. The van der Waals surface area contributed by atoms with E-state index in [1.165, 1.54) is 0 Å². The lowest BCUT2D eigenvalue weighted by atomic mass is 9.70. The largest absolute Gasteiger partial charge is 0.394 e. The fraction of sp³-hybridized carbons (Fsp3) is 0.639. The molecule has 1 aromatic rings. The molecule has 3 saturated heterocycles. The molecule has 3 aliphatic rings. The zero-order valence-corrected chi connectivity index (χ0v) is 30.4. The van der Waals surface area contributed by atoms with Crippen LogP contribution in [0, 0.1) is 23.2 Å². The second kappa shape index (κ2) is 13.6. The van der Waals surface area contributed by atoms with Crippen LogP contribution in [0.25, 0.3) is 0 Å². The van der Waals surface area contributed by atoms with Crippen molar-refractivity contribution in [3.8, 4) is 0 Å². The van der Waals surface area contributed by atoms with Crippen LogP contribution in [0.5, 0.6) is 0 Å². The number of thioether (sulfide) groups is 1. The molecule has 3 unspecified atom stereocenters. The predicted molar refractivity (Wildman–Crippen MR) is 188 cm³/mol. The third-order valence-electron chi connectivity index (χ3n) is 9.51. The number of carbonyl (C=O) groups is 3. The topological polar surface area (TPSA) is 81.2 Å². The van der Waals surface area contributed by atoms with Gasteiger partial charge in [0.25, 0.3) is 0 Å². The summed E-state index contributed by atoms with van der Waals surface area (Å²) in [6.07, 6.45) is 5.35. The molecule has 0 aromatic heterocycles. The maximum Gasteiger partial charge on any atom is 0.247 e. The Morgan fingerprint density at radius 3 is 2.27 bits per heavy atom. The normalized spacial score (nSPS) is 28.3. The zero-order chi connectivity index (χ0) is 33.5. The number of likely N-dealkylation sites (tertiary alicyclic amines) is 1. The van der Waals surface area contributed by atoms with Gasteiger partial charge in [0.2, 0.25) is 17.7 Å². The Kier molecular flexibility index (Phi) is 10.8. The molecule has 0 saturated carbocycles. The quantitative estimate of drug-likeness (QED) is 0.193. The van der Waals surface area contributed by atoms with Crippen molar-refractivity contribution in [2.45, 2.75) is 100 Å². The highest BCUT2D eigenvalue weighted by molar-refractivity contribution is 9.09. The Bertz CT molecular complexity index is 1280. The number of fused-ring (bicyclic) bond motifs is 1. The van der Waals surface area contributed by atoms with Gasteiger partial charge in [0, 0.05) is 34.4 Å². The summed E-state index contributed by atoms with van der Waals surface area (Å²) in [6, 6.07) is 8.13. The lowest BCUT2D eigenvalue weighted by Gasteiger charge is -2.47. The van der Waals surface area contributed by atoms with E-state index in [9.17, 15) is 14.7 Å². The minimum absolute atomic E-state index is 0.0500. The van der Waals surface area contributed by atoms with Gasteiger partial charge in [0.05, 0.1) is 29.2 Å². The number of halogens is 1. The molecule has 1 N–H and O–H groups in total. The number of aliphatic hydroxyl groups excluding tert-OH is 1. The predicted octanol–water partition coefficient (Wildman–Crippen LogP) is 6.31. The van der Waals surface area contributed by atoms with Gasteiger partial charge < -0.3 is 19.8 Å². The molecule has 7 nitrogen and oxygen atoms in total. The van der Waals surface area contributed by atoms with Gasteiger partial charge in [-0.25, -0.2) is 0 Å². The van der Waals surface area contributed by atoms with Crippen molar-refractivity contribution >= 4 is 51.1 Å². The summed E-state index contributed by atoms with van der Waals surface area (Å²) in [5.41, 5.74) is 0.170. The molecule has 3 aliphatic heterocycles. The first-order valence-electron chi connectivity index (χ1n) is 16.2. The Hall–Kier alpha value is -2.10. The van der Waals surface area contributed by atoms with Crippen LogP contribution in [-0.2, 0) is 14.4 Å². The molecule has 45 heavy (non-hydrogen) atoms. The van der Waals surface area contributed by atoms with Crippen LogP contribution in [0.3, 0.4) is 0 Å². The summed E-state index contributed by atoms with van der Waals surface area (Å²) >= 11 is 5.54. The SMILES string of the molecule is C=CCN(C(=O)[C@H]1[C@@H]2SC3(CC2Br)C(C(=O)N(CC=C)C(C)(C)CC(C)(C)C)N([C@@H](CO)CC(C)C)C(=O)[C@H]13)c1ccccc1. The number of para-hydroxylation sites is 1. The van der Waals surface area contributed by atoms with Crippen molar-refractivity contribution in [3.63, 3.8) is 0 Å². The van der Waals surface area contributed by atoms with Crippen LogP contribution in [0.2, 0.25) is 0 Å². The third kappa shape index (κ3) is 6.68. The lowest BCUT2D eigenvalue weighted by Crippen LogP contribution is -2.62. The number of amides is 3. The average Bonchev–Trinajstić information content (AvgIpc) is 3.55. The van der Waals surface area contributed by atoms with E-state index in [1.807, 2.05) is 35.2 Å². The van der Waals surface area contributed by atoms with Gasteiger partial charge in [0.15, 0.2) is 0 Å². The third-order valence-corrected chi connectivity index (χ3v) is 12.7. The van der Waals surface area contributed by atoms with Crippen LogP contribution >= 0.6 is 27.7 Å². The van der Waals surface area contributed by atoms with Crippen LogP contribution in [0.15, 0.2) is 55.6 Å². The van der Waals surface area contributed by atoms with E-state index < -0.39 is 34.2 Å². The lowest BCUT2D eigenvalue weighted by molar-refractivity contribution is -0.149. The molecule has 3 amide bonds. The minimum atomic E-state index is -0.817. The number of aliphatic hydroxyl groups is 1. The van der Waals surface area contributed by atoms with Gasteiger partial charge in [-0.2, -0.15) is 0 Å². The van der Waals surface area contributed by atoms with Crippen LogP contribution in [0.4, 0.5) is 5.69 Å². The highest BCUT2D eigenvalue weighted by Crippen LogP contribution is 2.68. The van der Waals surface area contributed by atoms with E-state index in [0.29, 0.717) is 25.9 Å². The van der Waals surface area contributed by atoms with Crippen molar-refractivity contribution in [2.75, 3.05) is 24.6 Å². The van der Waals surface area contributed by atoms with Crippen molar-refractivity contribution in [2.24, 2.45) is 23.2 Å². The number of nitrogens with zero attached hydrogens (tertiary/aromatic N) is 3. The molecule has 0 radical (unpaired) electrons. The Balaban J connectivity index is 1.87. The Morgan fingerprint density at radius 1 is 1.11 bits per heavy atom. The van der Waals surface area contributed by atoms with E-state index in [4.69, 9.17) is 0 Å². The van der Waals surface area contributed by atoms with Crippen molar-refractivity contribution < 1.29 is 19.5 Å². The van der Waals surface area contributed by atoms with E-state index in [2.05, 4.69) is 77.6 Å². The standard InChI is InChI=1S/C36H52BrN3O4S/c1-10-17-38(24-15-13-12-14-16-24)31(42)27-28-32(43)40(25(21-41)19-23(3)4)30(36(28)20-26(37)29(27)45-36)33(44)39(18-11-2)35(8,9)22-34(5,6)7/h10-16,23,25-30,41H,1-2,17-22H2,3-9H3/t25-,26?,27-,28+,29-,30?,36?/m1/s1. The molecule has 3 heterocycles. The first-order valence-corrected chi connectivity index (χ1v) is 18.0. The molecular weight excluding hydrogens is 650 g/mol. The van der Waals surface area contributed by atoms with E-state index in [0.717, 1.165) is 12.1 Å². The van der Waals surface area contributed by atoms with E-state index in [-0.39, 0.29) is 45.7 Å². The molecule has 1 spiro atoms. The fourth-order valence-electron chi connectivity index (χ4n) is 8.39. The number of alkyl halides is 1. The Morgan fingerprint density at radius 2 is 1.73 bits per heavy atom. The van der Waals surface area contributed by atoms with Crippen molar-refractivity contribution in [3.05, 3.63) is 55.6 Å². The second-order valence-corrected chi connectivity index (χ2v) is 18.0. The number of benzene rings is 1. The highest BCUT2D eigenvalue weighted by Gasteiger charge is 2.76. The molecule has 248 valence electrons. The summed E-state index contributed by atoms with van der Waals surface area (Å²) in [5.74, 6) is -1.58. The fourth-order valence-corrected chi connectivity index (χ4v) is 12.0. The summed E-state index contributed by atoms with van der Waals surface area (Å²) in [4.78, 5) is 49.9. The minimum Gasteiger partial charge on any atom is -0.394 e. The van der Waals surface area contributed by atoms with Crippen molar-refractivity contribution in [1.82, 2.24) is 9.80 Å². The molecular formula is C36H52BrN3O4S. The number of anilines is 1.